The van der Waals surface area contributed by atoms with Crippen molar-refractivity contribution >= 4 is 0 Å². The summed E-state index contributed by atoms with van der Waals surface area (Å²) in [5.41, 5.74) is 5.24. The van der Waals surface area contributed by atoms with Gasteiger partial charge in [0, 0.05) is 49.5 Å². The smallest absolute Gasteiger partial charge is 0.164 e. The highest BCUT2D eigenvalue weighted by molar-refractivity contribution is 5.84. The number of benzene rings is 4. The molecule has 3 aromatic heterocycles. The SMILES string of the molecule is CC(C)(C)c1nc(-c2cccc(-c3nc(-c4ccccc4)nc(-c4ccc(-c5nc(C(C)(C)C)nc(C(C)(C)C)n5)c(-c5ccccc5)c4)n3)c2)nc(C(C)(C)C)n1. The topological polar surface area (TPSA) is 116 Å². The minimum Gasteiger partial charge on any atom is -0.217 e. The maximum Gasteiger partial charge on any atom is 0.164 e. The first-order chi connectivity index (χ1) is 27.2. The molecular weight excluding hydrogens is 715 g/mol. The van der Waals surface area contributed by atoms with Crippen molar-refractivity contribution in [1.82, 2.24) is 44.9 Å². The van der Waals surface area contributed by atoms with Gasteiger partial charge in [-0.3, -0.25) is 0 Å². The van der Waals surface area contributed by atoms with Gasteiger partial charge in [0.15, 0.2) is 29.1 Å². The monoisotopic (exact) mass is 767 g/mol. The van der Waals surface area contributed by atoms with Crippen LogP contribution in [0.1, 0.15) is 106 Å². The van der Waals surface area contributed by atoms with E-state index in [0.717, 1.165) is 62.2 Å². The van der Waals surface area contributed by atoms with Crippen molar-refractivity contribution in [2.45, 2.75) is 105 Å². The van der Waals surface area contributed by atoms with Gasteiger partial charge >= 0.3 is 0 Å². The minimum atomic E-state index is -0.274. The van der Waals surface area contributed by atoms with Crippen molar-refractivity contribution in [1.29, 1.82) is 0 Å². The predicted octanol–water partition coefficient (Wildman–Crippen LogP) is 11.4. The van der Waals surface area contributed by atoms with Gasteiger partial charge in [-0.2, -0.15) is 0 Å². The Morgan fingerprint density at radius 1 is 0.259 bits per heavy atom. The van der Waals surface area contributed by atoms with E-state index in [2.05, 4.69) is 119 Å². The number of hydrogen-bond donors (Lipinski definition) is 0. The zero-order valence-electron chi connectivity index (χ0n) is 35.8. The predicted molar refractivity (Wildman–Crippen MR) is 234 cm³/mol. The van der Waals surface area contributed by atoms with Crippen LogP contribution in [0.3, 0.4) is 0 Å². The highest BCUT2D eigenvalue weighted by atomic mass is 15.1. The summed E-state index contributed by atoms with van der Waals surface area (Å²) < 4.78 is 0. The van der Waals surface area contributed by atoms with Crippen LogP contribution in [0.25, 0.3) is 68.1 Å². The summed E-state index contributed by atoms with van der Waals surface area (Å²) in [7, 11) is 0. The summed E-state index contributed by atoms with van der Waals surface area (Å²) in [5, 5.41) is 0. The molecule has 3 heterocycles. The van der Waals surface area contributed by atoms with Crippen LogP contribution in [-0.4, -0.2) is 44.9 Å². The molecule has 0 N–H and O–H groups in total. The fraction of sp³-hybridized carbons (Fsp3) is 0.327. The van der Waals surface area contributed by atoms with E-state index in [0.29, 0.717) is 29.1 Å². The van der Waals surface area contributed by atoms with Gasteiger partial charge in [0.1, 0.15) is 23.3 Å². The van der Waals surface area contributed by atoms with E-state index < -0.39 is 0 Å². The zero-order valence-corrected chi connectivity index (χ0v) is 35.8. The Morgan fingerprint density at radius 2 is 0.603 bits per heavy atom. The maximum absolute atomic E-state index is 5.16. The van der Waals surface area contributed by atoms with Crippen LogP contribution in [0.15, 0.2) is 103 Å². The summed E-state index contributed by atoms with van der Waals surface area (Å²) in [5.74, 6) is 5.92. The molecule has 294 valence electrons. The van der Waals surface area contributed by atoms with Gasteiger partial charge < -0.3 is 0 Å². The van der Waals surface area contributed by atoms with Gasteiger partial charge in [0.05, 0.1) is 0 Å². The van der Waals surface area contributed by atoms with E-state index in [1.54, 1.807) is 0 Å². The molecule has 0 bridgehead atoms. The molecule has 58 heavy (non-hydrogen) atoms. The molecule has 0 aliphatic carbocycles. The molecule has 0 aliphatic heterocycles. The third-order valence-corrected chi connectivity index (χ3v) is 9.60. The number of nitrogens with zero attached hydrogens (tertiary/aromatic N) is 9. The van der Waals surface area contributed by atoms with E-state index in [9.17, 15) is 0 Å². The van der Waals surface area contributed by atoms with Crippen LogP contribution in [0, 0.1) is 0 Å². The Bertz CT molecular complexity index is 2530. The fourth-order valence-corrected chi connectivity index (χ4v) is 6.23. The highest BCUT2D eigenvalue weighted by Gasteiger charge is 2.28. The van der Waals surface area contributed by atoms with Gasteiger partial charge in [0.2, 0.25) is 0 Å². The van der Waals surface area contributed by atoms with Crippen LogP contribution in [0.4, 0.5) is 0 Å². The Balaban J connectivity index is 1.42. The molecular formula is C49H53N9. The second kappa shape index (κ2) is 15.0. The second-order valence-electron chi connectivity index (χ2n) is 19.0. The van der Waals surface area contributed by atoms with E-state index in [4.69, 9.17) is 44.9 Å². The molecule has 0 spiro atoms. The lowest BCUT2D eigenvalue weighted by molar-refractivity contribution is 0.497. The van der Waals surface area contributed by atoms with Crippen LogP contribution in [-0.2, 0) is 21.7 Å². The molecule has 9 nitrogen and oxygen atoms in total. The lowest BCUT2D eigenvalue weighted by atomic mass is 9.92. The summed E-state index contributed by atoms with van der Waals surface area (Å²) in [6.07, 6.45) is 0. The Labute approximate surface area is 343 Å². The van der Waals surface area contributed by atoms with E-state index in [1.807, 2.05) is 66.7 Å². The van der Waals surface area contributed by atoms with Crippen molar-refractivity contribution in [2.24, 2.45) is 0 Å². The van der Waals surface area contributed by atoms with Crippen LogP contribution in [0.2, 0.25) is 0 Å². The first-order valence-corrected chi connectivity index (χ1v) is 19.9. The van der Waals surface area contributed by atoms with Gasteiger partial charge in [-0.05, 0) is 29.3 Å². The normalized spacial score (nSPS) is 12.5. The quantitative estimate of drug-likeness (QED) is 0.163. The average molecular weight is 768 g/mol. The molecule has 4 aromatic carbocycles. The molecule has 0 unspecified atom stereocenters. The molecule has 0 radical (unpaired) electrons. The molecule has 0 aliphatic rings. The minimum absolute atomic E-state index is 0.259. The fourth-order valence-electron chi connectivity index (χ4n) is 6.23. The third kappa shape index (κ3) is 8.74. The van der Waals surface area contributed by atoms with Crippen molar-refractivity contribution < 1.29 is 0 Å². The number of hydrogen-bond acceptors (Lipinski definition) is 9. The molecule has 0 atom stereocenters. The van der Waals surface area contributed by atoms with Crippen molar-refractivity contribution in [2.75, 3.05) is 0 Å². The van der Waals surface area contributed by atoms with E-state index in [-0.39, 0.29) is 21.7 Å². The van der Waals surface area contributed by atoms with Crippen LogP contribution < -0.4 is 0 Å². The van der Waals surface area contributed by atoms with Crippen molar-refractivity contribution in [3.8, 4) is 68.1 Å². The van der Waals surface area contributed by atoms with Gasteiger partial charge in [0.25, 0.3) is 0 Å². The van der Waals surface area contributed by atoms with E-state index >= 15 is 0 Å². The lowest BCUT2D eigenvalue weighted by Gasteiger charge is -2.23. The summed E-state index contributed by atoms with van der Waals surface area (Å²) in [6, 6.07) is 34.7. The largest absolute Gasteiger partial charge is 0.217 e. The van der Waals surface area contributed by atoms with Gasteiger partial charge in [-0.1, -0.05) is 168 Å². The van der Waals surface area contributed by atoms with E-state index in [1.165, 1.54) is 0 Å². The molecule has 0 saturated carbocycles. The number of aromatic nitrogens is 9. The molecule has 0 fully saturated rings. The first-order valence-electron chi connectivity index (χ1n) is 19.9. The molecule has 9 heteroatoms. The lowest BCUT2D eigenvalue weighted by Crippen LogP contribution is -2.24. The molecule has 7 rings (SSSR count). The second-order valence-corrected chi connectivity index (χ2v) is 19.0. The first kappa shape index (κ1) is 40.1. The Morgan fingerprint density at radius 3 is 1.03 bits per heavy atom. The standard InChI is InChI=1S/C49H53N9/c1-46(2,3)42-53-40(54-43(57-42)47(4,5)6)33-25-19-24-32(28-33)38-50-37(31-22-17-14-18-23-31)51-39(52-38)34-26-27-35(36(29-34)30-20-15-13-16-21-30)41-55-44(48(7,8)9)58-45(56-41)49(10,11)12/h13-29H,1-12H3. The maximum atomic E-state index is 5.16. The molecule has 0 saturated heterocycles. The van der Waals surface area contributed by atoms with Crippen LogP contribution in [0.5, 0.6) is 0 Å². The Hall–Kier alpha value is -6.09. The van der Waals surface area contributed by atoms with Crippen LogP contribution >= 0.6 is 0 Å². The summed E-state index contributed by atoms with van der Waals surface area (Å²) >= 11 is 0. The highest BCUT2D eigenvalue weighted by Crippen LogP contribution is 2.37. The summed E-state index contributed by atoms with van der Waals surface area (Å²) in [6.45, 7) is 25.5. The molecule has 0 amide bonds. The number of rotatable bonds is 6. The van der Waals surface area contributed by atoms with Crippen molar-refractivity contribution in [3.63, 3.8) is 0 Å². The Kier molecular flexibility index (Phi) is 10.4. The summed E-state index contributed by atoms with van der Waals surface area (Å²) in [4.78, 5) is 45.2. The van der Waals surface area contributed by atoms with Gasteiger partial charge in [-0.25, -0.2) is 44.9 Å². The average Bonchev–Trinajstić information content (AvgIpc) is 3.19. The molecule has 7 aromatic rings. The van der Waals surface area contributed by atoms with Crippen molar-refractivity contribution in [3.05, 3.63) is 126 Å². The third-order valence-electron chi connectivity index (χ3n) is 9.60. The zero-order chi connectivity index (χ0) is 41.6. The van der Waals surface area contributed by atoms with Gasteiger partial charge in [-0.15, -0.1) is 0 Å².